The number of rotatable bonds is 6. The van der Waals surface area contributed by atoms with Crippen molar-refractivity contribution in [2.24, 2.45) is 0 Å². The molecule has 1 aromatic carbocycles. The van der Waals surface area contributed by atoms with Gasteiger partial charge in [-0.15, -0.1) is 10.2 Å². The minimum atomic E-state index is -0.250. The molecule has 24 heavy (non-hydrogen) atoms. The fraction of sp³-hybridized carbons (Fsp3) is 0.375. The van der Waals surface area contributed by atoms with E-state index in [2.05, 4.69) is 20.4 Å². The predicted octanol–water partition coefficient (Wildman–Crippen LogP) is 2.09. The quantitative estimate of drug-likeness (QED) is 0.775. The maximum Gasteiger partial charge on any atom is 0.290 e. The molecule has 1 unspecified atom stereocenters. The van der Waals surface area contributed by atoms with E-state index in [0.717, 1.165) is 23.5 Å². The highest BCUT2D eigenvalue weighted by Crippen LogP contribution is 2.20. The van der Waals surface area contributed by atoms with Crippen molar-refractivity contribution in [1.82, 2.24) is 15.1 Å². The Morgan fingerprint density at radius 1 is 1.33 bits per heavy atom. The number of anilines is 1. The molecule has 0 aliphatic rings. The minimum Gasteiger partial charge on any atom is -0.483 e. The molecule has 130 valence electrons. The SMILES string of the molecule is CC(C(=O)Nc1nnc(CCN(C)C)s1)c1ccccc1.O=CO. The molecule has 2 aromatic rings. The second kappa shape index (κ2) is 10.5. The van der Waals surface area contributed by atoms with Crippen LogP contribution in [0.5, 0.6) is 0 Å². The van der Waals surface area contributed by atoms with Crippen molar-refractivity contribution in [2.75, 3.05) is 26.0 Å². The lowest BCUT2D eigenvalue weighted by Crippen LogP contribution is -2.18. The van der Waals surface area contributed by atoms with E-state index in [0.29, 0.717) is 5.13 Å². The van der Waals surface area contributed by atoms with Crippen molar-refractivity contribution in [2.45, 2.75) is 19.3 Å². The van der Waals surface area contributed by atoms with Gasteiger partial charge in [-0.25, -0.2) is 0 Å². The summed E-state index contributed by atoms with van der Waals surface area (Å²) in [7, 11) is 4.04. The molecule has 0 fully saturated rings. The van der Waals surface area contributed by atoms with Gasteiger partial charge in [0.05, 0.1) is 5.92 Å². The molecule has 8 heteroatoms. The average molecular weight is 350 g/mol. The smallest absolute Gasteiger partial charge is 0.290 e. The summed E-state index contributed by atoms with van der Waals surface area (Å²) in [5.74, 6) is -0.267. The standard InChI is InChI=1S/C15H20N4OS.CH2O2/c1-11(12-7-5-4-6-8-12)14(20)16-15-18-17-13(21-15)9-10-19(2)3;2-1-3/h4-8,11H,9-10H2,1-3H3,(H,16,18,20);1H,(H,2,3). The van der Waals surface area contributed by atoms with Crippen LogP contribution >= 0.6 is 11.3 Å². The first-order chi connectivity index (χ1) is 11.5. The Morgan fingerprint density at radius 3 is 2.54 bits per heavy atom. The lowest BCUT2D eigenvalue weighted by atomic mass is 10.0. The van der Waals surface area contributed by atoms with Crippen molar-refractivity contribution >= 4 is 28.8 Å². The first-order valence-corrected chi connectivity index (χ1v) is 8.20. The Morgan fingerprint density at radius 2 is 1.96 bits per heavy atom. The highest BCUT2D eigenvalue weighted by Gasteiger charge is 2.16. The number of nitrogens with one attached hydrogen (secondary N) is 1. The fourth-order valence-electron chi connectivity index (χ4n) is 1.83. The summed E-state index contributed by atoms with van der Waals surface area (Å²) in [5.41, 5.74) is 0.993. The predicted molar refractivity (Wildman–Crippen MR) is 94.3 cm³/mol. The third-order valence-corrected chi connectivity index (χ3v) is 4.06. The molecule has 0 saturated carbocycles. The van der Waals surface area contributed by atoms with Crippen LogP contribution in [0.15, 0.2) is 30.3 Å². The summed E-state index contributed by atoms with van der Waals surface area (Å²) >= 11 is 1.43. The second-order valence-corrected chi connectivity index (χ2v) is 6.34. The molecule has 0 aliphatic heterocycles. The molecule has 0 spiro atoms. The van der Waals surface area contributed by atoms with Gasteiger partial charge in [-0.3, -0.25) is 9.59 Å². The monoisotopic (exact) mass is 350 g/mol. The number of hydrogen-bond acceptors (Lipinski definition) is 6. The number of hydrogen-bond donors (Lipinski definition) is 2. The van der Waals surface area contributed by atoms with E-state index in [4.69, 9.17) is 9.90 Å². The Labute approximate surface area is 145 Å². The molecule has 1 amide bonds. The summed E-state index contributed by atoms with van der Waals surface area (Å²) in [6.45, 7) is 2.56. The van der Waals surface area contributed by atoms with Crippen molar-refractivity contribution in [3.05, 3.63) is 40.9 Å². The molecular weight excluding hydrogens is 328 g/mol. The number of carboxylic acid groups (broad SMARTS) is 1. The van der Waals surface area contributed by atoms with Crippen LogP contribution in [0.4, 0.5) is 5.13 Å². The van der Waals surface area contributed by atoms with Crippen LogP contribution in [0.3, 0.4) is 0 Å². The van der Waals surface area contributed by atoms with Gasteiger partial charge in [0.15, 0.2) is 0 Å². The Kier molecular flexibility index (Phi) is 8.59. The molecule has 2 rings (SSSR count). The van der Waals surface area contributed by atoms with E-state index >= 15 is 0 Å². The molecule has 0 saturated heterocycles. The van der Waals surface area contributed by atoms with Crippen LogP contribution in [-0.2, 0) is 16.0 Å². The van der Waals surface area contributed by atoms with Crippen molar-refractivity contribution < 1.29 is 14.7 Å². The number of likely N-dealkylation sites (N-methyl/N-ethyl adjacent to an activating group) is 1. The van der Waals surface area contributed by atoms with Crippen LogP contribution in [0.2, 0.25) is 0 Å². The molecule has 1 atom stereocenters. The third kappa shape index (κ3) is 6.84. The van der Waals surface area contributed by atoms with Gasteiger partial charge in [0.25, 0.3) is 6.47 Å². The summed E-state index contributed by atoms with van der Waals surface area (Å²) in [6, 6.07) is 9.71. The lowest BCUT2D eigenvalue weighted by Gasteiger charge is -2.10. The number of nitrogens with zero attached hydrogens (tertiary/aromatic N) is 3. The summed E-state index contributed by atoms with van der Waals surface area (Å²) in [6.07, 6.45) is 0.842. The molecule has 7 nitrogen and oxygen atoms in total. The average Bonchev–Trinajstić information content (AvgIpc) is 3.01. The van der Waals surface area contributed by atoms with Gasteiger partial charge < -0.3 is 15.3 Å². The molecule has 2 N–H and O–H groups in total. The minimum absolute atomic E-state index is 0.0588. The molecule has 1 aromatic heterocycles. The molecule has 1 heterocycles. The van der Waals surface area contributed by atoms with E-state index < -0.39 is 0 Å². The van der Waals surface area contributed by atoms with Crippen LogP contribution in [-0.4, -0.2) is 53.2 Å². The maximum absolute atomic E-state index is 12.2. The molecular formula is C16H22N4O3S. The largest absolute Gasteiger partial charge is 0.483 e. The van der Waals surface area contributed by atoms with Crippen LogP contribution in [0, 0.1) is 0 Å². The lowest BCUT2D eigenvalue weighted by molar-refractivity contribution is -0.123. The zero-order chi connectivity index (χ0) is 17.9. The molecule has 0 radical (unpaired) electrons. The number of amides is 1. The number of carbonyl (C=O) groups excluding carboxylic acids is 1. The highest BCUT2D eigenvalue weighted by molar-refractivity contribution is 7.15. The van der Waals surface area contributed by atoms with E-state index in [1.54, 1.807) is 0 Å². The van der Waals surface area contributed by atoms with Crippen LogP contribution < -0.4 is 5.32 Å². The summed E-state index contributed by atoms with van der Waals surface area (Å²) in [4.78, 5) is 22.7. The van der Waals surface area contributed by atoms with Gasteiger partial charge in [0, 0.05) is 13.0 Å². The first-order valence-electron chi connectivity index (χ1n) is 7.38. The normalized spacial score (nSPS) is 11.3. The van der Waals surface area contributed by atoms with Crippen LogP contribution in [0.1, 0.15) is 23.4 Å². The van der Waals surface area contributed by atoms with E-state index in [1.165, 1.54) is 11.3 Å². The van der Waals surface area contributed by atoms with Gasteiger partial charge in [-0.2, -0.15) is 0 Å². The van der Waals surface area contributed by atoms with E-state index in [-0.39, 0.29) is 18.3 Å². The molecule has 0 bridgehead atoms. The van der Waals surface area contributed by atoms with Crippen molar-refractivity contribution in [1.29, 1.82) is 0 Å². The maximum atomic E-state index is 12.2. The van der Waals surface area contributed by atoms with Crippen molar-refractivity contribution in [3.63, 3.8) is 0 Å². The first kappa shape index (κ1) is 19.7. The van der Waals surface area contributed by atoms with E-state index in [9.17, 15) is 4.79 Å². The van der Waals surface area contributed by atoms with E-state index in [1.807, 2.05) is 51.4 Å². The Bertz CT molecular complexity index is 631. The number of aromatic nitrogens is 2. The number of carbonyl (C=O) groups is 2. The van der Waals surface area contributed by atoms with Crippen molar-refractivity contribution in [3.8, 4) is 0 Å². The van der Waals surface area contributed by atoms with Gasteiger partial charge >= 0.3 is 0 Å². The van der Waals surface area contributed by atoms with Gasteiger partial charge in [0.2, 0.25) is 11.0 Å². The Hall–Kier alpha value is -2.32. The second-order valence-electron chi connectivity index (χ2n) is 5.28. The molecule has 0 aliphatic carbocycles. The number of benzene rings is 1. The fourth-order valence-corrected chi connectivity index (χ4v) is 2.56. The summed E-state index contributed by atoms with van der Waals surface area (Å²) in [5, 5.41) is 19.4. The zero-order valence-corrected chi connectivity index (χ0v) is 14.8. The topological polar surface area (TPSA) is 95.4 Å². The third-order valence-electron chi connectivity index (χ3n) is 3.16. The Balaban J connectivity index is 0.000000891. The van der Waals surface area contributed by atoms with Crippen LogP contribution in [0.25, 0.3) is 0 Å². The van der Waals surface area contributed by atoms with Gasteiger partial charge in [-0.05, 0) is 26.6 Å². The van der Waals surface area contributed by atoms with Gasteiger partial charge in [0.1, 0.15) is 5.01 Å². The highest BCUT2D eigenvalue weighted by atomic mass is 32.1. The van der Waals surface area contributed by atoms with Gasteiger partial charge in [-0.1, -0.05) is 41.7 Å². The zero-order valence-electron chi connectivity index (χ0n) is 14.0. The summed E-state index contributed by atoms with van der Waals surface area (Å²) < 4.78 is 0.